The number of carbonyl (C=O) groups excluding carboxylic acids is 1. The van der Waals surface area contributed by atoms with Crippen molar-refractivity contribution in [2.75, 3.05) is 25.6 Å². The number of nitrogens with zero attached hydrogens (tertiary/aromatic N) is 2. The van der Waals surface area contributed by atoms with Crippen LogP contribution in [0.4, 0.5) is 5.82 Å². The molecular formula is C16H22N4O3. The summed E-state index contributed by atoms with van der Waals surface area (Å²) < 4.78 is 10.6. The van der Waals surface area contributed by atoms with Crippen molar-refractivity contribution in [1.82, 2.24) is 15.3 Å². The molecule has 0 radical (unpaired) electrons. The Morgan fingerprint density at radius 2 is 2.22 bits per heavy atom. The van der Waals surface area contributed by atoms with E-state index in [2.05, 4.69) is 27.5 Å². The van der Waals surface area contributed by atoms with Crippen molar-refractivity contribution in [1.29, 1.82) is 0 Å². The molecule has 0 atom stereocenters. The number of fused-ring (bicyclic) bond motifs is 1. The average molecular weight is 318 g/mol. The average Bonchev–Trinajstić information content (AvgIpc) is 3.12. The van der Waals surface area contributed by atoms with Crippen molar-refractivity contribution in [2.24, 2.45) is 0 Å². The number of amides is 1. The molecule has 124 valence electrons. The fraction of sp³-hybridized carbons (Fsp3) is 0.562. The van der Waals surface area contributed by atoms with Crippen LogP contribution >= 0.6 is 0 Å². The van der Waals surface area contributed by atoms with Crippen molar-refractivity contribution in [3.63, 3.8) is 0 Å². The number of aryl methyl sites for hydroxylation is 1. The van der Waals surface area contributed by atoms with E-state index in [9.17, 15) is 4.79 Å². The summed E-state index contributed by atoms with van der Waals surface area (Å²) in [7, 11) is 1.64. The molecule has 7 heteroatoms. The van der Waals surface area contributed by atoms with Crippen LogP contribution in [-0.2, 0) is 4.74 Å². The van der Waals surface area contributed by atoms with Crippen LogP contribution < -0.4 is 10.6 Å². The number of nitrogens with one attached hydrogen (secondary N) is 2. The van der Waals surface area contributed by atoms with Crippen LogP contribution in [0, 0.1) is 6.92 Å². The van der Waals surface area contributed by atoms with Gasteiger partial charge in [0, 0.05) is 25.8 Å². The first-order valence-electron chi connectivity index (χ1n) is 7.83. The maximum Gasteiger partial charge on any atom is 0.255 e. The zero-order chi connectivity index (χ0) is 16.4. The van der Waals surface area contributed by atoms with Gasteiger partial charge in [-0.05, 0) is 33.1 Å². The number of rotatable bonds is 7. The molecule has 1 aliphatic rings. The largest absolute Gasteiger partial charge is 0.442 e. The third kappa shape index (κ3) is 3.29. The van der Waals surface area contributed by atoms with E-state index >= 15 is 0 Å². The normalized spacial score (nSPS) is 15.6. The number of furan rings is 1. The number of carbonyl (C=O) groups is 1. The highest BCUT2D eigenvalue weighted by Gasteiger charge is 2.38. The highest BCUT2D eigenvalue weighted by molar-refractivity contribution is 6.10. The zero-order valence-electron chi connectivity index (χ0n) is 13.7. The van der Waals surface area contributed by atoms with Crippen LogP contribution in [0.2, 0.25) is 0 Å². The summed E-state index contributed by atoms with van der Waals surface area (Å²) >= 11 is 0. The number of methoxy groups -OCH3 is 1. The van der Waals surface area contributed by atoms with Gasteiger partial charge in [-0.15, -0.1) is 0 Å². The van der Waals surface area contributed by atoms with Crippen LogP contribution in [0.15, 0.2) is 10.7 Å². The Hall–Kier alpha value is -2.15. The molecule has 1 amide bonds. The number of anilines is 1. The summed E-state index contributed by atoms with van der Waals surface area (Å²) in [4.78, 5) is 21.0. The zero-order valence-corrected chi connectivity index (χ0v) is 13.7. The Labute approximate surface area is 134 Å². The molecule has 2 aromatic heterocycles. The molecule has 0 aliphatic heterocycles. The Kier molecular flexibility index (Phi) is 4.21. The number of hydrogen-bond donors (Lipinski definition) is 2. The van der Waals surface area contributed by atoms with Crippen LogP contribution in [0.25, 0.3) is 11.1 Å². The number of ether oxygens (including phenoxy) is 1. The van der Waals surface area contributed by atoms with E-state index in [-0.39, 0.29) is 11.4 Å². The van der Waals surface area contributed by atoms with Crippen LogP contribution in [0.5, 0.6) is 0 Å². The lowest BCUT2D eigenvalue weighted by molar-refractivity contribution is 0.0948. The lowest BCUT2D eigenvalue weighted by Crippen LogP contribution is -2.26. The van der Waals surface area contributed by atoms with Gasteiger partial charge in [0.15, 0.2) is 0 Å². The van der Waals surface area contributed by atoms with Gasteiger partial charge >= 0.3 is 0 Å². The first kappa shape index (κ1) is 15.7. The lowest BCUT2D eigenvalue weighted by atomic mass is 10.1. The van der Waals surface area contributed by atoms with Crippen LogP contribution in [0.3, 0.4) is 0 Å². The predicted octanol–water partition coefficient (Wildman–Crippen LogP) is 2.26. The minimum Gasteiger partial charge on any atom is -0.442 e. The minimum atomic E-state index is -0.170. The fourth-order valence-electron chi connectivity index (χ4n) is 2.52. The van der Waals surface area contributed by atoms with Gasteiger partial charge in [0.1, 0.15) is 17.9 Å². The van der Waals surface area contributed by atoms with Crippen LogP contribution in [0.1, 0.15) is 42.3 Å². The Bertz CT molecular complexity index is 721. The maximum absolute atomic E-state index is 12.5. The number of aromatic nitrogens is 2. The maximum atomic E-state index is 12.5. The topological polar surface area (TPSA) is 89.3 Å². The molecule has 2 heterocycles. The van der Waals surface area contributed by atoms with Gasteiger partial charge in [-0.3, -0.25) is 4.79 Å². The van der Waals surface area contributed by atoms with Crippen molar-refractivity contribution in [3.05, 3.63) is 17.7 Å². The second kappa shape index (κ2) is 6.16. The SMILES string of the molecule is COCCCNC(=O)c1c(C)oc2ncnc(NC3(C)CC3)c12. The van der Waals surface area contributed by atoms with E-state index in [1.54, 1.807) is 14.0 Å². The van der Waals surface area contributed by atoms with Gasteiger partial charge in [0.2, 0.25) is 5.71 Å². The van der Waals surface area contributed by atoms with E-state index < -0.39 is 0 Å². The second-order valence-corrected chi connectivity index (χ2v) is 6.22. The summed E-state index contributed by atoms with van der Waals surface area (Å²) in [6.45, 7) is 5.07. The Morgan fingerprint density at radius 1 is 1.43 bits per heavy atom. The van der Waals surface area contributed by atoms with E-state index in [1.165, 1.54) is 6.33 Å². The molecule has 1 fully saturated rings. The first-order chi connectivity index (χ1) is 11.0. The highest BCUT2D eigenvalue weighted by Crippen LogP contribution is 2.40. The summed E-state index contributed by atoms with van der Waals surface area (Å²) in [6.07, 6.45) is 4.40. The monoisotopic (exact) mass is 318 g/mol. The minimum absolute atomic E-state index is 0.0542. The fourth-order valence-corrected chi connectivity index (χ4v) is 2.52. The standard InChI is InChI=1S/C16H22N4O3/c1-10-11(14(21)17-7-4-8-22-3)12-13(20-16(2)5-6-16)18-9-19-15(12)23-10/h9H,4-8H2,1-3H3,(H,17,21)(H,18,19,20). The lowest BCUT2D eigenvalue weighted by Gasteiger charge is -2.13. The quantitative estimate of drug-likeness (QED) is 0.761. The Morgan fingerprint density at radius 3 is 2.91 bits per heavy atom. The Balaban J connectivity index is 1.89. The van der Waals surface area contributed by atoms with Crippen molar-refractivity contribution < 1.29 is 13.9 Å². The summed E-state index contributed by atoms with van der Waals surface area (Å²) in [5.41, 5.74) is 0.995. The molecule has 1 saturated carbocycles. The summed E-state index contributed by atoms with van der Waals surface area (Å²) in [5.74, 6) is 1.04. The van der Waals surface area contributed by atoms with E-state index in [0.717, 1.165) is 19.3 Å². The van der Waals surface area contributed by atoms with Crippen molar-refractivity contribution >= 4 is 22.8 Å². The molecule has 0 bridgehead atoms. The van der Waals surface area contributed by atoms with Gasteiger partial charge in [-0.1, -0.05) is 0 Å². The highest BCUT2D eigenvalue weighted by atomic mass is 16.5. The molecule has 0 aromatic carbocycles. The molecule has 1 aliphatic carbocycles. The first-order valence-corrected chi connectivity index (χ1v) is 7.83. The van der Waals surface area contributed by atoms with E-state index in [0.29, 0.717) is 41.4 Å². The molecule has 3 rings (SSSR count). The van der Waals surface area contributed by atoms with E-state index in [1.807, 2.05) is 0 Å². The second-order valence-electron chi connectivity index (χ2n) is 6.22. The van der Waals surface area contributed by atoms with E-state index in [4.69, 9.17) is 9.15 Å². The van der Waals surface area contributed by atoms with Crippen molar-refractivity contribution in [3.8, 4) is 0 Å². The molecular weight excluding hydrogens is 296 g/mol. The van der Waals surface area contributed by atoms with Gasteiger partial charge < -0.3 is 19.8 Å². The number of hydrogen-bond acceptors (Lipinski definition) is 6. The van der Waals surface area contributed by atoms with Crippen molar-refractivity contribution in [2.45, 2.75) is 38.6 Å². The molecule has 0 unspecified atom stereocenters. The molecule has 2 aromatic rings. The molecule has 2 N–H and O–H groups in total. The molecule has 0 spiro atoms. The third-order valence-electron chi connectivity index (χ3n) is 4.12. The van der Waals surface area contributed by atoms with Gasteiger partial charge in [-0.2, -0.15) is 0 Å². The predicted molar refractivity (Wildman–Crippen MR) is 86.6 cm³/mol. The van der Waals surface area contributed by atoms with Gasteiger partial charge in [0.05, 0.1) is 10.9 Å². The van der Waals surface area contributed by atoms with Gasteiger partial charge in [0.25, 0.3) is 5.91 Å². The van der Waals surface area contributed by atoms with Crippen LogP contribution in [-0.4, -0.2) is 41.7 Å². The van der Waals surface area contributed by atoms with Gasteiger partial charge in [-0.25, -0.2) is 9.97 Å². The molecule has 7 nitrogen and oxygen atoms in total. The molecule has 23 heavy (non-hydrogen) atoms. The summed E-state index contributed by atoms with van der Waals surface area (Å²) in [6, 6.07) is 0. The summed E-state index contributed by atoms with van der Waals surface area (Å²) in [5, 5.41) is 6.96. The third-order valence-corrected chi connectivity index (χ3v) is 4.12. The smallest absolute Gasteiger partial charge is 0.255 e. The molecule has 0 saturated heterocycles.